The molecule has 8 heteroatoms. The molecule has 1 aromatic carbocycles. The van der Waals surface area contributed by atoms with E-state index < -0.39 is 15.5 Å². The molecule has 0 aliphatic rings. The minimum atomic E-state index is -3.41. The van der Waals surface area contributed by atoms with Crippen molar-refractivity contribution in [1.29, 1.82) is 0 Å². The van der Waals surface area contributed by atoms with E-state index >= 15 is 0 Å². The quantitative estimate of drug-likeness (QED) is 0.722. The van der Waals surface area contributed by atoms with Crippen molar-refractivity contribution in [3.05, 3.63) is 58.5 Å². The first-order valence-corrected chi connectivity index (χ1v) is 8.68. The summed E-state index contributed by atoms with van der Waals surface area (Å²) in [7, 11) is -3.41. The van der Waals surface area contributed by atoms with Crippen LogP contribution < -0.4 is 5.63 Å². The second-order valence-corrected chi connectivity index (χ2v) is 7.20. The number of aromatic nitrogens is 1. The Morgan fingerprint density at radius 2 is 2.12 bits per heavy atom. The van der Waals surface area contributed by atoms with Crippen LogP contribution in [0.25, 0.3) is 22.9 Å². The molecule has 0 amide bonds. The Balaban J connectivity index is 2.14. The molecule has 0 saturated carbocycles. The topological polar surface area (TPSA) is 111 Å². The number of furan rings is 1. The lowest BCUT2D eigenvalue weighted by Crippen LogP contribution is -2.08. The van der Waals surface area contributed by atoms with Gasteiger partial charge in [-0.15, -0.1) is 0 Å². The van der Waals surface area contributed by atoms with Gasteiger partial charge >= 0.3 is 5.63 Å². The van der Waals surface area contributed by atoms with Gasteiger partial charge in [-0.2, -0.15) is 0 Å². The van der Waals surface area contributed by atoms with Crippen molar-refractivity contribution < 1.29 is 22.4 Å². The molecular weight excluding hydrogens is 334 g/mol. The van der Waals surface area contributed by atoms with E-state index in [1.807, 2.05) is 0 Å². The zero-order chi connectivity index (χ0) is 17.3. The summed E-state index contributed by atoms with van der Waals surface area (Å²) in [6, 6.07) is 7.17. The monoisotopic (exact) mass is 347 g/mol. The second-order valence-electron chi connectivity index (χ2n) is 4.93. The number of nitrogens with zero attached hydrogens (tertiary/aromatic N) is 1. The molecule has 0 aliphatic heterocycles. The lowest BCUT2D eigenvalue weighted by Gasteiger charge is -2.03. The lowest BCUT2D eigenvalue weighted by molar-refractivity contribution is 0.461. The largest absolute Gasteiger partial charge is 0.504 e. The molecule has 0 radical (unpaired) electrons. The molecule has 3 rings (SSSR count). The number of hydrogen-bond acceptors (Lipinski definition) is 7. The molecule has 0 bridgehead atoms. The highest BCUT2D eigenvalue weighted by atomic mass is 32.2. The van der Waals surface area contributed by atoms with Crippen LogP contribution >= 0.6 is 0 Å². The highest BCUT2D eigenvalue weighted by Crippen LogP contribution is 2.19. The molecule has 0 unspecified atom stereocenters. The van der Waals surface area contributed by atoms with Crippen molar-refractivity contribution in [2.24, 2.45) is 0 Å². The molecule has 0 saturated heterocycles. The van der Waals surface area contributed by atoms with Gasteiger partial charge in [0, 0.05) is 6.08 Å². The van der Waals surface area contributed by atoms with Crippen LogP contribution in [0.4, 0.5) is 0 Å². The average Bonchev–Trinajstić information content (AvgIpc) is 3.09. The van der Waals surface area contributed by atoms with E-state index in [0.717, 1.165) is 6.08 Å². The van der Waals surface area contributed by atoms with E-state index in [1.54, 1.807) is 6.07 Å². The third-order valence-corrected chi connectivity index (χ3v) is 5.10. The summed E-state index contributed by atoms with van der Waals surface area (Å²) < 4.78 is 34.0. The molecule has 0 aliphatic carbocycles. The number of fused-ring (bicyclic) bond motifs is 1. The highest BCUT2D eigenvalue weighted by molar-refractivity contribution is 7.91. The molecule has 124 valence electrons. The van der Waals surface area contributed by atoms with Gasteiger partial charge in [0.05, 0.1) is 16.9 Å². The van der Waals surface area contributed by atoms with Gasteiger partial charge in [0.1, 0.15) is 5.52 Å². The summed E-state index contributed by atoms with van der Waals surface area (Å²) in [5.41, 5.74) is -0.568. The van der Waals surface area contributed by atoms with E-state index in [9.17, 15) is 18.3 Å². The zero-order valence-corrected chi connectivity index (χ0v) is 13.4. The standard InChI is InChI=1S/C16H13NO6S/c1-2-24(20,21)10-5-6-14-11(8-10)17-12(16(19)23-14)9-13(18)15-4-3-7-22-15/h3-9,18H,2H2,1H3. The third kappa shape index (κ3) is 2.95. The molecule has 0 fully saturated rings. The van der Waals surface area contributed by atoms with Gasteiger partial charge in [-0.1, -0.05) is 6.92 Å². The van der Waals surface area contributed by atoms with E-state index in [-0.39, 0.29) is 39.0 Å². The predicted molar refractivity (Wildman–Crippen MR) is 87.2 cm³/mol. The minimum Gasteiger partial charge on any atom is -0.504 e. The Morgan fingerprint density at radius 3 is 2.79 bits per heavy atom. The van der Waals surface area contributed by atoms with Gasteiger partial charge in [0.2, 0.25) is 0 Å². The van der Waals surface area contributed by atoms with Gasteiger partial charge in [0.25, 0.3) is 0 Å². The number of rotatable bonds is 4. The summed E-state index contributed by atoms with van der Waals surface area (Å²) in [5.74, 6) is -0.184. The first-order valence-electron chi connectivity index (χ1n) is 7.03. The van der Waals surface area contributed by atoms with Crippen molar-refractivity contribution in [2.45, 2.75) is 11.8 Å². The van der Waals surface area contributed by atoms with Crippen LogP contribution in [0.15, 0.2) is 55.1 Å². The number of benzene rings is 1. The van der Waals surface area contributed by atoms with Gasteiger partial charge in [0.15, 0.2) is 32.6 Å². The summed E-state index contributed by atoms with van der Waals surface area (Å²) in [6.07, 6.45) is 2.47. The van der Waals surface area contributed by atoms with E-state index in [1.165, 1.54) is 37.5 Å². The Morgan fingerprint density at radius 1 is 1.33 bits per heavy atom. The summed E-state index contributed by atoms with van der Waals surface area (Å²) in [4.78, 5) is 16.1. The predicted octanol–water partition coefficient (Wildman–Crippen LogP) is 2.63. The zero-order valence-electron chi connectivity index (χ0n) is 12.6. The fourth-order valence-electron chi connectivity index (χ4n) is 2.07. The fraction of sp³-hybridized carbons (Fsp3) is 0.125. The van der Waals surface area contributed by atoms with Crippen LogP contribution in [0.5, 0.6) is 0 Å². The second kappa shape index (κ2) is 5.97. The maximum atomic E-state index is 11.9. The van der Waals surface area contributed by atoms with Crippen LogP contribution in [0.2, 0.25) is 0 Å². The molecule has 2 heterocycles. The van der Waals surface area contributed by atoms with Crippen LogP contribution in [0.3, 0.4) is 0 Å². The Hall–Kier alpha value is -2.87. The molecule has 7 nitrogen and oxygen atoms in total. The molecule has 1 N–H and O–H groups in total. The van der Waals surface area contributed by atoms with Gasteiger partial charge in [-0.25, -0.2) is 18.2 Å². The molecule has 0 spiro atoms. The summed E-state index contributed by atoms with van der Waals surface area (Å²) in [5, 5.41) is 9.93. The van der Waals surface area contributed by atoms with Crippen molar-refractivity contribution >= 4 is 32.8 Å². The van der Waals surface area contributed by atoms with E-state index in [2.05, 4.69) is 4.98 Å². The number of aliphatic hydroxyl groups is 1. The normalized spacial score (nSPS) is 12.6. The number of sulfone groups is 1. The van der Waals surface area contributed by atoms with Gasteiger partial charge < -0.3 is 13.9 Å². The maximum Gasteiger partial charge on any atom is 0.362 e. The third-order valence-electron chi connectivity index (χ3n) is 3.37. The molecule has 0 atom stereocenters. The Kier molecular flexibility index (Phi) is 3.98. The number of hydrogen-bond donors (Lipinski definition) is 1. The molecule has 24 heavy (non-hydrogen) atoms. The smallest absolute Gasteiger partial charge is 0.362 e. The minimum absolute atomic E-state index is 0.0542. The van der Waals surface area contributed by atoms with Gasteiger partial charge in [-0.05, 0) is 30.3 Å². The van der Waals surface area contributed by atoms with Crippen molar-refractivity contribution in [3.63, 3.8) is 0 Å². The highest BCUT2D eigenvalue weighted by Gasteiger charge is 2.14. The Bertz CT molecular complexity index is 1080. The van der Waals surface area contributed by atoms with Crippen molar-refractivity contribution in [2.75, 3.05) is 5.75 Å². The molecular formula is C16H13NO6S. The Labute approximate surface area is 136 Å². The van der Waals surface area contributed by atoms with E-state index in [0.29, 0.717) is 0 Å². The van der Waals surface area contributed by atoms with Crippen LogP contribution in [-0.4, -0.2) is 24.3 Å². The maximum absolute atomic E-state index is 11.9. The molecule has 3 aromatic rings. The fourth-order valence-corrected chi connectivity index (χ4v) is 2.97. The first kappa shape index (κ1) is 16.0. The SMILES string of the molecule is CCS(=O)(=O)c1ccc2oc(=O)c(C=C(O)c3ccco3)nc2c1. The summed E-state index contributed by atoms with van der Waals surface area (Å²) in [6.45, 7) is 1.54. The summed E-state index contributed by atoms with van der Waals surface area (Å²) >= 11 is 0. The van der Waals surface area contributed by atoms with Crippen LogP contribution in [-0.2, 0) is 9.84 Å². The van der Waals surface area contributed by atoms with Gasteiger partial charge in [-0.3, -0.25) is 0 Å². The van der Waals surface area contributed by atoms with Crippen molar-refractivity contribution in [3.8, 4) is 0 Å². The average molecular weight is 347 g/mol. The molecule has 2 aromatic heterocycles. The van der Waals surface area contributed by atoms with Crippen LogP contribution in [0, 0.1) is 0 Å². The lowest BCUT2D eigenvalue weighted by atomic mass is 10.3. The van der Waals surface area contributed by atoms with E-state index in [4.69, 9.17) is 8.83 Å². The number of aliphatic hydroxyl groups excluding tert-OH is 1. The van der Waals surface area contributed by atoms with Crippen LogP contribution in [0.1, 0.15) is 18.4 Å². The van der Waals surface area contributed by atoms with Crippen molar-refractivity contribution in [1.82, 2.24) is 4.98 Å². The first-order chi connectivity index (χ1) is 11.4.